The molecule has 0 saturated carbocycles. The van der Waals surface area contributed by atoms with Gasteiger partial charge in [-0.1, -0.05) is 13.8 Å². The molecule has 0 aliphatic rings. The third-order valence-electron chi connectivity index (χ3n) is 2.76. The maximum atomic E-state index is 5.27. The summed E-state index contributed by atoms with van der Waals surface area (Å²) in [5.41, 5.74) is 0. The van der Waals surface area contributed by atoms with Gasteiger partial charge in [-0.15, -0.1) is 10.2 Å². The molecule has 2 aromatic heterocycles. The van der Waals surface area contributed by atoms with Crippen LogP contribution in [0.15, 0.2) is 6.33 Å². The van der Waals surface area contributed by atoms with Gasteiger partial charge in [-0.2, -0.15) is 5.10 Å². The molecule has 2 rings (SSSR count). The predicted molar refractivity (Wildman–Crippen MR) is 66.3 cm³/mol. The normalized spacial score (nSPS) is 13.2. The van der Waals surface area contributed by atoms with Crippen LogP contribution in [0.5, 0.6) is 0 Å². The molecule has 0 fully saturated rings. The molecule has 6 nitrogen and oxygen atoms in total. The Bertz CT molecular complexity index is 563. The Hall–Kier alpha value is -1.50. The summed E-state index contributed by atoms with van der Waals surface area (Å²) in [6.45, 7) is 6.22. The summed E-state index contributed by atoms with van der Waals surface area (Å²) in [6, 6.07) is 0.0196. The first-order valence-corrected chi connectivity index (χ1v) is 5.94. The lowest BCUT2D eigenvalue weighted by Crippen LogP contribution is -2.15. The number of aryl methyl sites for hydroxylation is 1. The van der Waals surface area contributed by atoms with Crippen LogP contribution in [0.1, 0.15) is 44.4 Å². The summed E-state index contributed by atoms with van der Waals surface area (Å²) < 4.78 is 4.50. The highest BCUT2D eigenvalue weighted by atomic mass is 32.1. The van der Waals surface area contributed by atoms with Gasteiger partial charge in [0.1, 0.15) is 12.2 Å². The van der Waals surface area contributed by atoms with E-state index in [9.17, 15) is 0 Å². The third-order valence-corrected chi connectivity index (χ3v) is 3.04. The Balaban J connectivity index is 2.51. The molecule has 17 heavy (non-hydrogen) atoms. The number of nitrogens with zero attached hydrogens (tertiary/aromatic N) is 5. The maximum Gasteiger partial charge on any atom is 0.195 e. The van der Waals surface area contributed by atoms with E-state index >= 15 is 0 Å². The van der Waals surface area contributed by atoms with Gasteiger partial charge >= 0.3 is 0 Å². The minimum Gasteiger partial charge on any atom is -0.319 e. The molecule has 2 heterocycles. The maximum absolute atomic E-state index is 5.27. The van der Waals surface area contributed by atoms with Crippen LogP contribution >= 0.6 is 12.2 Å². The molecule has 92 valence electrons. The van der Waals surface area contributed by atoms with E-state index in [4.69, 9.17) is 12.2 Å². The number of H-pyrrole nitrogens is 1. The van der Waals surface area contributed by atoms with Crippen LogP contribution < -0.4 is 0 Å². The molecule has 7 heteroatoms. The van der Waals surface area contributed by atoms with E-state index < -0.39 is 0 Å². The first kappa shape index (κ1) is 12.0. The molecule has 0 spiro atoms. The lowest BCUT2D eigenvalue weighted by molar-refractivity contribution is 0.530. The summed E-state index contributed by atoms with van der Waals surface area (Å²) in [5.74, 6) is 2.11. The van der Waals surface area contributed by atoms with E-state index in [2.05, 4.69) is 34.2 Å². The van der Waals surface area contributed by atoms with Gasteiger partial charge in [0.05, 0.1) is 6.04 Å². The number of nitrogens with one attached hydrogen (secondary N) is 1. The Morgan fingerprint density at radius 1 is 1.29 bits per heavy atom. The summed E-state index contributed by atoms with van der Waals surface area (Å²) in [7, 11) is 1.92. The van der Waals surface area contributed by atoms with Crippen molar-refractivity contribution in [1.29, 1.82) is 0 Å². The van der Waals surface area contributed by atoms with Crippen molar-refractivity contribution in [1.82, 2.24) is 29.5 Å². The van der Waals surface area contributed by atoms with Gasteiger partial charge in [0.25, 0.3) is 0 Å². The van der Waals surface area contributed by atoms with Crippen LogP contribution in [-0.2, 0) is 7.05 Å². The van der Waals surface area contributed by atoms with E-state index in [1.165, 1.54) is 0 Å². The largest absolute Gasteiger partial charge is 0.319 e. The van der Waals surface area contributed by atoms with E-state index in [1.54, 1.807) is 6.33 Å². The molecule has 0 aliphatic heterocycles. The second-order valence-electron chi connectivity index (χ2n) is 4.39. The summed E-state index contributed by atoms with van der Waals surface area (Å²) in [4.78, 5) is 0. The number of rotatable bonds is 3. The number of aromatic nitrogens is 6. The highest BCUT2D eigenvalue weighted by molar-refractivity contribution is 7.71. The van der Waals surface area contributed by atoms with Gasteiger partial charge < -0.3 is 4.57 Å². The Labute approximate surface area is 105 Å². The van der Waals surface area contributed by atoms with E-state index in [0.717, 1.165) is 11.6 Å². The van der Waals surface area contributed by atoms with Crippen LogP contribution in [0.2, 0.25) is 0 Å². The number of hydrogen-bond donors (Lipinski definition) is 1. The van der Waals surface area contributed by atoms with Gasteiger partial charge in [0, 0.05) is 13.0 Å². The molecule has 0 amide bonds. The van der Waals surface area contributed by atoms with Crippen molar-refractivity contribution in [3.63, 3.8) is 0 Å². The van der Waals surface area contributed by atoms with Crippen LogP contribution in [0.25, 0.3) is 0 Å². The van der Waals surface area contributed by atoms with Gasteiger partial charge in [-0.3, -0.25) is 9.67 Å². The molecule has 1 atom stereocenters. The van der Waals surface area contributed by atoms with E-state index in [-0.39, 0.29) is 6.04 Å². The van der Waals surface area contributed by atoms with Gasteiger partial charge in [-0.05, 0) is 19.1 Å². The van der Waals surface area contributed by atoms with Gasteiger partial charge in [-0.25, -0.2) is 0 Å². The van der Waals surface area contributed by atoms with Gasteiger partial charge in [0.2, 0.25) is 0 Å². The second-order valence-corrected chi connectivity index (χ2v) is 4.77. The first-order valence-electron chi connectivity index (χ1n) is 5.53. The Kier molecular flexibility index (Phi) is 3.10. The lowest BCUT2D eigenvalue weighted by Gasteiger charge is -2.16. The number of hydrogen-bond acceptors (Lipinski definition) is 4. The van der Waals surface area contributed by atoms with Crippen molar-refractivity contribution in [3.05, 3.63) is 22.7 Å². The summed E-state index contributed by atoms with van der Waals surface area (Å²) >= 11 is 5.27. The Morgan fingerprint density at radius 3 is 2.53 bits per heavy atom. The summed E-state index contributed by atoms with van der Waals surface area (Å²) in [6.07, 6.45) is 1.69. The first-order chi connectivity index (χ1) is 8.02. The van der Waals surface area contributed by atoms with Crippen LogP contribution in [0.3, 0.4) is 0 Å². The monoisotopic (exact) mass is 252 g/mol. The quantitative estimate of drug-likeness (QED) is 0.846. The van der Waals surface area contributed by atoms with Crippen LogP contribution in [0, 0.1) is 4.77 Å². The highest BCUT2D eigenvalue weighted by Gasteiger charge is 2.19. The molecule has 0 saturated heterocycles. The second kappa shape index (κ2) is 4.40. The fourth-order valence-corrected chi connectivity index (χ4v) is 2.18. The fraction of sp³-hybridized carbons (Fsp3) is 0.600. The van der Waals surface area contributed by atoms with E-state index in [1.807, 2.05) is 23.1 Å². The average molecular weight is 252 g/mol. The summed E-state index contributed by atoms with van der Waals surface area (Å²) in [5, 5.41) is 15.1. The van der Waals surface area contributed by atoms with Crippen molar-refractivity contribution < 1.29 is 0 Å². The molecule has 1 N–H and O–H groups in total. The zero-order valence-electron chi connectivity index (χ0n) is 10.4. The highest BCUT2D eigenvalue weighted by Crippen LogP contribution is 2.21. The minimum atomic E-state index is 0.0196. The molecule has 2 aromatic rings. The van der Waals surface area contributed by atoms with Crippen LogP contribution in [-0.4, -0.2) is 29.5 Å². The van der Waals surface area contributed by atoms with Gasteiger partial charge in [0.15, 0.2) is 10.6 Å². The van der Waals surface area contributed by atoms with Crippen molar-refractivity contribution in [2.45, 2.75) is 32.7 Å². The molecule has 0 radical (unpaired) electrons. The average Bonchev–Trinajstić information content (AvgIpc) is 2.83. The molecular formula is C10H16N6S. The minimum absolute atomic E-state index is 0.0196. The zero-order chi connectivity index (χ0) is 12.6. The number of aromatic amines is 1. The lowest BCUT2D eigenvalue weighted by atomic mass is 10.2. The molecule has 0 bridgehead atoms. The predicted octanol–water partition coefficient (Wildman–Crippen LogP) is 1.80. The van der Waals surface area contributed by atoms with Crippen molar-refractivity contribution in [3.8, 4) is 0 Å². The van der Waals surface area contributed by atoms with Crippen LogP contribution in [0.4, 0.5) is 0 Å². The fourth-order valence-electron chi connectivity index (χ4n) is 1.88. The Morgan fingerprint density at radius 2 is 2.00 bits per heavy atom. The zero-order valence-corrected chi connectivity index (χ0v) is 11.2. The molecule has 1 unspecified atom stereocenters. The van der Waals surface area contributed by atoms with Crippen molar-refractivity contribution >= 4 is 12.2 Å². The van der Waals surface area contributed by atoms with E-state index in [0.29, 0.717) is 10.7 Å². The van der Waals surface area contributed by atoms with Crippen molar-refractivity contribution in [2.75, 3.05) is 0 Å². The molecular weight excluding hydrogens is 236 g/mol. The standard InChI is InChI=1S/C10H16N6S/c1-6(2)8-13-14-10(17)16(8)7(3)9-12-11-5-15(9)4/h5-7H,1-4H3,(H,14,17). The SMILES string of the molecule is CC(C)c1n[nH]c(=S)n1C(C)c1nncn1C. The topological polar surface area (TPSA) is 64.3 Å². The smallest absolute Gasteiger partial charge is 0.195 e. The third kappa shape index (κ3) is 2.02. The van der Waals surface area contributed by atoms with Crippen molar-refractivity contribution in [2.24, 2.45) is 7.05 Å². The molecule has 0 aliphatic carbocycles. The molecule has 0 aromatic carbocycles.